The fraction of sp³-hybridized carbons (Fsp3) is 0.750. The Labute approximate surface area is 104 Å². The van der Waals surface area contributed by atoms with E-state index in [0.29, 0.717) is 13.0 Å². The van der Waals surface area contributed by atoms with Gasteiger partial charge in [-0.05, 0) is 12.8 Å². The average Bonchev–Trinajstić information content (AvgIpc) is 2.71. The van der Waals surface area contributed by atoms with E-state index in [1.807, 2.05) is 17.7 Å². The fourth-order valence-corrected chi connectivity index (χ4v) is 3.06. The van der Waals surface area contributed by atoms with Crippen LogP contribution in [0.4, 0.5) is 0 Å². The van der Waals surface area contributed by atoms with Crippen LogP contribution in [-0.2, 0) is 22.8 Å². The third-order valence-corrected chi connectivity index (χ3v) is 4.55. The molecule has 0 saturated heterocycles. The number of hydrogen-bond acceptors (Lipinski definition) is 3. The minimum atomic E-state index is -2.89. The lowest BCUT2D eigenvalue weighted by atomic mass is 10.2. The second-order valence-electron chi connectivity index (χ2n) is 4.29. The molecule has 0 spiro atoms. The number of rotatable bonds is 8. The summed E-state index contributed by atoms with van der Waals surface area (Å²) in [4.78, 5) is 4.27. The van der Waals surface area contributed by atoms with Gasteiger partial charge in [-0.3, -0.25) is 0 Å². The largest absolute Gasteiger partial charge is 0.334 e. The summed E-state index contributed by atoms with van der Waals surface area (Å²) in [7, 11) is -2.89. The molecule has 0 N–H and O–H groups in total. The lowest BCUT2D eigenvalue weighted by Crippen LogP contribution is -2.16. The molecule has 0 atom stereocenters. The van der Waals surface area contributed by atoms with Crippen LogP contribution in [0.5, 0.6) is 0 Å². The van der Waals surface area contributed by atoms with Crippen molar-refractivity contribution in [2.75, 3.05) is 11.5 Å². The van der Waals surface area contributed by atoms with Crippen LogP contribution < -0.4 is 0 Å². The van der Waals surface area contributed by atoms with Gasteiger partial charge >= 0.3 is 0 Å². The minimum Gasteiger partial charge on any atom is -0.334 e. The average molecular weight is 258 g/mol. The van der Waals surface area contributed by atoms with E-state index in [0.717, 1.165) is 25.1 Å². The molecular formula is C12H22N2O2S. The Morgan fingerprint density at radius 2 is 2.00 bits per heavy atom. The molecule has 0 aliphatic rings. The molecule has 0 saturated carbocycles. The summed E-state index contributed by atoms with van der Waals surface area (Å²) in [5, 5.41) is 0. The first kappa shape index (κ1) is 14.2. The van der Waals surface area contributed by atoms with E-state index in [4.69, 9.17) is 0 Å². The molecule has 1 heterocycles. The maximum atomic E-state index is 11.6. The van der Waals surface area contributed by atoms with Gasteiger partial charge in [-0.25, -0.2) is 13.4 Å². The molecule has 0 aliphatic heterocycles. The van der Waals surface area contributed by atoms with Crippen molar-refractivity contribution < 1.29 is 8.42 Å². The Balaban J connectivity index is 2.54. The van der Waals surface area contributed by atoms with Crippen LogP contribution in [0.2, 0.25) is 0 Å². The standard InChI is InChI=1S/C12H22N2O2S/c1-3-5-6-12-13-7-8-14(12)9-11-17(15,16)10-4-2/h7-8H,3-6,9-11H2,1-2H3. The van der Waals surface area contributed by atoms with E-state index in [2.05, 4.69) is 11.9 Å². The topological polar surface area (TPSA) is 52.0 Å². The molecule has 1 aromatic rings. The Bertz CT molecular complexity index is 423. The molecule has 4 nitrogen and oxygen atoms in total. The Morgan fingerprint density at radius 1 is 1.24 bits per heavy atom. The highest BCUT2D eigenvalue weighted by Gasteiger charge is 2.10. The Hall–Kier alpha value is -0.840. The molecule has 1 rings (SSSR count). The van der Waals surface area contributed by atoms with Crippen molar-refractivity contribution in [3.63, 3.8) is 0 Å². The molecule has 1 aromatic heterocycles. The first-order valence-corrected chi connectivity index (χ1v) is 8.11. The molecule has 0 unspecified atom stereocenters. The van der Waals surface area contributed by atoms with Gasteiger partial charge in [0.05, 0.1) is 5.75 Å². The van der Waals surface area contributed by atoms with Crippen LogP contribution in [0.25, 0.3) is 0 Å². The normalized spacial score (nSPS) is 11.9. The summed E-state index contributed by atoms with van der Waals surface area (Å²) in [5.74, 6) is 1.50. The van der Waals surface area contributed by atoms with Crippen molar-refractivity contribution in [2.24, 2.45) is 0 Å². The molecule has 0 amide bonds. The van der Waals surface area contributed by atoms with E-state index in [1.165, 1.54) is 0 Å². The van der Waals surface area contributed by atoms with Crippen molar-refractivity contribution in [1.82, 2.24) is 9.55 Å². The van der Waals surface area contributed by atoms with Crippen LogP contribution in [0.1, 0.15) is 38.9 Å². The van der Waals surface area contributed by atoms with Crippen molar-refractivity contribution in [3.05, 3.63) is 18.2 Å². The van der Waals surface area contributed by atoms with Crippen LogP contribution in [0.3, 0.4) is 0 Å². The summed E-state index contributed by atoms with van der Waals surface area (Å²) >= 11 is 0. The summed E-state index contributed by atoms with van der Waals surface area (Å²) < 4.78 is 25.2. The third kappa shape index (κ3) is 4.89. The predicted molar refractivity (Wildman–Crippen MR) is 69.8 cm³/mol. The van der Waals surface area contributed by atoms with E-state index in [1.54, 1.807) is 6.20 Å². The second kappa shape index (κ2) is 6.79. The molecule has 0 fully saturated rings. The summed E-state index contributed by atoms with van der Waals surface area (Å²) in [6.07, 6.45) is 7.45. The lowest BCUT2D eigenvalue weighted by Gasteiger charge is -2.07. The number of imidazole rings is 1. The first-order chi connectivity index (χ1) is 8.09. The number of sulfone groups is 1. The lowest BCUT2D eigenvalue weighted by molar-refractivity contribution is 0.583. The van der Waals surface area contributed by atoms with Gasteiger partial charge in [-0.15, -0.1) is 0 Å². The van der Waals surface area contributed by atoms with Crippen molar-refractivity contribution in [2.45, 2.75) is 46.1 Å². The number of hydrogen-bond donors (Lipinski definition) is 0. The predicted octanol–water partition coefficient (Wildman–Crippen LogP) is 2.05. The summed E-state index contributed by atoms with van der Waals surface area (Å²) in [6, 6.07) is 0. The van der Waals surface area contributed by atoms with E-state index < -0.39 is 9.84 Å². The number of aryl methyl sites for hydroxylation is 2. The molecule has 5 heteroatoms. The van der Waals surface area contributed by atoms with E-state index in [-0.39, 0.29) is 11.5 Å². The molecule has 17 heavy (non-hydrogen) atoms. The van der Waals surface area contributed by atoms with Gasteiger partial charge in [0.15, 0.2) is 9.84 Å². The van der Waals surface area contributed by atoms with Gasteiger partial charge in [0.2, 0.25) is 0 Å². The van der Waals surface area contributed by atoms with Gasteiger partial charge in [0.1, 0.15) is 5.82 Å². The van der Waals surface area contributed by atoms with Crippen molar-refractivity contribution >= 4 is 9.84 Å². The number of nitrogens with zero attached hydrogens (tertiary/aromatic N) is 2. The minimum absolute atomic E-state index is 0.219. The number of unbranched alkanes of at least 4 members (excludes halogenated alkanes) is 1. The van der Waals surface area contributed by atoms with Crippen LogP contribution in [0, 0.1) is 0 Å². The number of aromatic nitrogens is 2. The van der Waals surface area contributed by atoms with Gasteiger partial charge < -0.3 is 4.57 Å². The fourth-order valence-electron chi connectivity index (χ4n) is 1.76. The van der Waals surface area contributed by atoms with E-state index in [9.17, 15) is 8.42 Å². The monoisotopic (exact) mass is 258 g/mol. The summed E-state index contributed by atoms with van der Waals surface area (Å²) in [6.45, 7) is 4.56. The molecular weight excluding hydrogens is 236 g/mol. The molecule has 0 bridgehead atoms. The van der Waals surface area contributed by atoms with Crippen LogP contribution in [0.15, 0.2) is 12.4 Å². The third-order valence-electron chi connectivity index (χ3n) is 2.71. The van der Waals surface area contributed by atoms with Crippen LogP contribution in [-0.4, -0.2) is 29.5 Å². The quantitative estimate of drug-likeness (QED) is 0.717. The Morgan fingerprint density at radius 3 is 2.65 bits per heavy atom. The maximum Gasteiger partial charge on any atom is 0.152 e. The highest BCUT2D eigenvalue weighted by Crippen LogP contribution is 2.05. The SMILES string of the molecule is CCCCc1nccn1CCS(=O)(=O)CCC. The molecule has 0 aromatic carbocycles. The highest BCUT2D eigenvalue weighted by atomic mass is 32.2. The molecule has 98 valence electrons. The summed E-state index contributed by atoms with van der Waals surface area (Å²) in [5.41, 5.74) is 0. The zero-order chi connectivity index (χ0) is 12.7. The smallest absolute Gasteiger partial charge is 0.152 e. The van der Waals surface area contributed by atoms with Gasteiger partial charge in [0.25, 0.3) is 0 Å². The van der Waals surface area contributed by atoms with Gasteiger partial charge in [0, 0.05) is 31.1 Å². The van der Waals surface area contributed by atoms with Crippen molar-refractivity contribution in [1.29, 1.82) is 0 Å². The zero-order valence-electron chi connectivity index (χ0n) is 10.7. The highest BCUT2D eigenvalue weighted by molar-refractivity contribution is 7.91. The van der Waals surface area contributed by atoms with Gasteiger partial charge in [-0.1, -0.05) is 20.3 Å². The van der Waals surface area contributed by atoms with Gasteiger partial charge in [-0.2, -0.15) is 0 Å². The zero-order valence-corrected chi connectivity index (χ0v) is 11.5. The van der Waals surface area contributed by atoms with Crippen LogP contribution >= 0.6 is 0 Å². The van der Waals surface area contributed by atoms with Crippen molar-refractivity contribution in [3.8, 4) is 0 Å². The Kier molecular flexibility index (Phi) is 5.68. The van der Waals surface area contributed by atoms with E-state index >= 15 is 0 Å². The first-order valence-electron chi connectivity index (χ1n) is 6.29. The second-order valence-corrected chi connectivity index (χ2v) is 6.60. The molecule has 0 aliphatic carbocycles. The maximum absolute atomic E-state index is 11.6. The molecule has 0 radical (unpaired) electrons.